The normalized spacial score (nSPS) is 21.5. The quantitative estimate of drug-likeness (QED) is 0.645. The molecule has 0 bridgehead atoms. The van der Waals surface area contributed by atoms with Crippen molar-refractivity contribution in [1.82, 2.24) is 0 Å². The first kappa shape index (κ1) is 9.49. The van der Waals surface area contributed by atoms with Crippen LogP contribution in [0.3, 0.4) is 0 Å². The van der Waals surface area contributed by atoms with Gasteiger partial charge in [-0.05, 0) is 24.5 Å². The molecule has 1 heterocycles. The molecular formula is C11H16N2O. The topological polar surface area (TPSA) is 58.3 Å². The van der Waals surface area contributed by atoms with Crippen molar-refractivity contribution in [1.29, 1.82) is 0 Å². The van der Waals surface area contributed by atoms with Crippen LogP contribution in [0.25, 0.3) is 0 Å². The first-order valence-electron chi connectivity index (χ1n) is 4.95. The van der Waals surface area contributed by atoms with Crippen LogP contribution in [0.1, 0.15) is 11.1 Å². The van der Waals surface area contributed by atoms with E-state index in [1.54, 1.807) is 0 Å². The Kier molecular flexibility index (Phi) is 2.44. The van der Waals surface area contributed by atoms with Crippen LogP contribution < -0.4 is 11.1 Å². The van der Waals surface area contributed by atoms with Crippen LogP contribution in [-0.4, -0.2) is 23.8 Å². The minimum Gasteiger partial charge on any atom is -0.390 e. The lowest BCUT2D eigenvalue weighted by molar-refractivity contribution is 0.162. The van der Waals surface area contributed by atoms with E-state index in [1.165, 1.54) is 16.8 Å². The maximum Gasteiger partial charge on any atom is 0.0866 e. The molecule has 1 aliphatic heterocycles. The Labute approximate surface area is 83.9 Å². The predicted molar refractivity (Wildman–Crippen MR) is 57.4 cm³/mol. The molecule has 3 heteroatoms. The summed E-state index contributed by atoms with van der Waals surface area (Å²) in [6, 6.07) is 6.30. The maximum absolute atomic E-state index is 9.63. The highest BCUT2D eigenvalue weighted by Crippen LogP contribution is 2.29. The fourth-order valence-electron chi connectivity index (χ4n) is 1.98. The van der Waals surface area contributed by atoms with Gasteiger partial charge in [-0.15, -0.1) is 0 Å². The predicted octanol–water partition coefficient (Wildman–Crippen LogP) is 0.651. The number of fused-ring (bicyclic) bond motifs is 1. The third-order valence-corrected chi connectivity index (χ3v) is 2.83. The van der Waals surface area contributed by atoms with Gasteiger partial charge in [-0.2, -0.15) is 0 Å². The average molecular weight is 192 g/mol. The van der Waals surface area contributed by atoms with Crippen LogP contribution >= 0.6 is 0 Å². The van der Waals surface area contributed by atoms with E-state index >= 15 is 0 Å². The summed E-state index contributed by atoms with van der Waals surface area (Å²) >= 11 is 0. The number of hydrogen-bond donors (Lipinski definition) is 3. The molecule has 0 aromatic heterocycles. The summed E-state index contributed by atoms with van der Waals surface area (Å²) in [7, 11) is 0. The van der Waals surface area contributed by atoms with Gasteiger partial charge in [0, 0.05) is 12.2 Å². The summed E-state index contributed by atoms with van der Waals surface area (Å²) in [5.74, 6) is 0. The molecule has 2 unspecified atom stereocenters. The highest BCUT2D eigenvalue weighted by atomic mass is 16.3. The van der Waals surface area contributed by atoms with Gasteiger partial charge in [-0.3, -0.25) is 0 Å². The molecule has 0 radical (unpaired) electrons. The monoisotopic (exact) mass is 192 g/mol. The van der Waals surface area contributed by atoms with Crippen LogP contribution in [0.15, 0.2) is 18.2 Å². The number of nitrogens with one attached hydrogen (secondary N) is 1. The third-order valence-electron chi connectivity index (χ3n) is 2.83. The number of anilines is 1. The molecule has 14 heavy (non-hydrogen) atoms. The van der Waals surface area contributed by atoms with Gasteiger partial charge in [0.05, 0.1) is 12.1 Å². The zero-order chi connectivity index (χ0) is 10.1. The fourth-order valence-corrected chi connectivity index (χ4v) is 1.98. The molecule has 4 N–H and O–H groups in total. The van der Waals surface area contributed by atoms with Crippen molar-refractivity contribution in [3.63, 3.8) is 0 Å². The summed E-state index contributed by atoms with van der Waals surface area (Å²) in [4.78, 5) is 0. The summed E-state index contributed by atoms with van der Waals surface area (Å²) in [5.41, 5.74) is 9.12. The number of hydrogen-bond acceptors (Lipinski definition) is 3. The minimum atomic E-state index is -0.457. The minimum absolute atomic E-state index is 0.0797. The first-order valence-corrected chi connectivity index (χ1v) is 4.95. The zero-order valence-corrected chi connectivity index (χ0v) is 8.33. The second-order valence-corrected chi connectivity index (χ2v) is 3.87. The van der Waals surface area contributed by atoms with Crippen LogP contribution in [0.2, 0.25) is 0 Å². The summed E-state index contributed by atoms with van der Waals surface area (Å²) in [5, 5.41) is 13.0. The molecule has 0 saturated heterocycles. The Hall–Kier alpha value is -1.06. The van der Waals surface area contributed by atoms with Crippen LogP contribution in [0.4, 0.5) is 5.69 Å². The number of aliphatic hydroxyl groups is 1. The molecule has 0 aliphatic carbocycles. The van der Waals surface area contributed by atoms with E-state index in [4.69, 9.17) is 5.73 Å². The van der Waals surface area contributed by atoms with Crippen LogP contribution in [0, 0.1) is 6.92 Å². The lowest BCUT2D eigenvalue weighted by atomic mass is 10.0. The Morgan fingerprint density at radius 3 is 3.07 bits per heavy atom. The molecule has 0 saturated carbocycles. The van der Waals surface area contributed by atoms with E-state index in [0.717, 1.165) is 6.42 Å². The molecule has 1 aromatic rings. The van der Waals surface area contributed by atoms with Gasteiger partial charge < -0.3 is 16.2 Å². The van der Waals surface area contributed by atoms with Crippen molar-refractivity contribution in [2.24, 2.45) is 5.73 Å². The van der Waals surface area contributed by atoms with Gasteiger partial charge in [-0.25, -0.2) is 0 Å². The SMILES string of the molecule is Cc1cccc2c1NC(C(O)CN)C2. The number of rotatable bonds is 2. The van der Waals surface area contributed by atoms with Gasteiger partial charge >= 0.3 is 0 Å². The molecule has 2 atom stereocenters. The fraction of sp³-hybridized carbons (Fsp3) is 0.455. The van der Waals surface area contributed by atoms with E-state index in [1.807, 2.05) is 6.07 Å². The van der Waals surface area contributed by atoms with E-state index in [0.29, 0.717) is 6.54 Å². The average Bonchev–Trinajstić information content (AvgIpc) is 2.62. The first-order chi connectivity index (χ1) is 6.72. The van der Waals surface area contributed by atoms with Crippen molar-refractivity contribution >= 4 is 5.69 Å². The Bertz CT molecular complexity index is 338. The van der Waals surface area contributed by atoms with Crippen molar-refractivity contribution in [2.45, 2.75) is 25.5 Å². The Morgan fingerprint density at radius 1 is 1.64 bits per heavy atom. The smallest absolute Gasteiger partial charge is 0.0866 e. The van der Waals surface area contributed by atoms with Crippen LogP contribution in [0.5, 0.6) is 0 Å². The highest BCUT2D eigenvalue weighted by molar-refractivity contribution is 5.62. The lowest BCUT2D eigenvalue weighted by Crippen LogP contribution is -2.37. The number of aliphatic hydroxyl groups excluding tert-OH is 1. The zero-order valence-electron chi connectivity index (χ0n) is 8.33. The second kappa shape index (κ2) is 3.59. The Morgan fingerprint density at radius 2 is 2.43 bits per heavy atom. The van der Waals surface area contributed by atoms with E-state index < -0.39 is 6.10 Å². The van der Waals surface area contributed by atoms with Crippen molar-refractivity contribution in [2.75, 3.05) is 11.9 Å². The molecule has 2 rings (SSSR count). The molecule has 3 nitrogen and oxygen atoms in total. The molecular weight excluding hydrogens is 176 g/mol. The van der Waals surface area contributed by atoms with Crippen molar-refractivity contribution in [3.05, 3.63) is 29.3 Å². The summed E-state index contributed by atoms with van der Waals surface area (Å²) in [6.45, 7) is 2.38. The van der Waals surface area contributed by atoms with E-state index in [2.05, 4.69) is 24.4 Å². The van der Waals surface area contributed by atoms with Crippen molar-refractivity contribution in [3.8, 4) is 0 Å². The maximum atomic E-state index is 9.63. The third kappa shape index (κ3) is 1.49. The van der Waals surface area contributed by atoms with E-state index in [9.17, 15) is 5.11 Å². The Balaban J connectivity index is 2.22. The van der Waals surface area contributed by atoms with Gasteiger partial charge in [0.15, 0.2) is 0 Å². The largest absolute Gasteiger partial charge is 0.390 e. The van der Waals surface area contributed by atoms with Gasteiger partial charge in [-0.1, -0.05) is 18.2 Å². The van der Waals surface area contributed by atoms with Crippen LogP contribution in [-0.2, 0) is 6.42 Å². The van der Waals surface area contributed by atoms with Gasteiger partial charge in [0.25, 0.3) is 0 Å². The highest BCUT2D eigenvalue weighted by Gasteiger charge is 2.26. The number of benzene rings is 1. The van der Waals surface area contributed by atoms with Crippen molar-refractivity contribution < 1.29 is 5.11 Å². The number of para-hydroxylation sites is 1. The molecule has 0 spiro atoms. The second-order valence-electron chi connectivity index (χ2n) is 3.87. The molecule has 1 aliphatic rings. The molecule has 76 valence electrons. The number of aryl methyl sites for hydroxylation is 1. The van der Waals surface area contributed by atoms with Gasteiger partial charge in [0.2, 0.25) is 0 Å². The van der Waals surface area contributed by atoms with Gasteiger partial charge in [0.1, 0.15) is 0 Å². The summed E-state index contributed by atoms with van der Waals surface area (Å²) in [6.07, 6.45) is 0.414. The summed E-state index contributed by atoms with van der Waals surface area (Å²) < 4.78 is 0. The number of nitrogens with two attached hydrogens (primary N) is 1. The molecule has 0 amide bonds. The molecule has 1 aromatic carbocycles. The molecule has 0 fully saturated rings. The van der Waals surface area contributed by atoms with E-state index in [-0.39, 0.29) is 6.04 Å². The standard InChI is InChI=1S/C11H16N2O/c1-7-3-2-4-8-5-9(10(14)6-12)13-11(7)8/h2-4,9-10,13-14H,5-6,12H2,1H3. The lowest BCUT2D eigenvalue weighted by Gasteiger charge is -2.17.